The van der Waals surface area contributed by atoms with E-state index in [1.165, 1.54) is 0 Å². The van der Waals surface area contributed by atoms with Crippen LogP contribution in [0.1, 0.15) is 18.1 Å². The Morgan fingerprint density at radius 2 is 1.71 bits per heavy atom. The van der Waals surface area contributed by atoms with Crippen LogP contribution in [0, 0.1) is 6.92 Å². The molecule has 0 aliphatic rings. The Kier molecular flexibility index (Phi) is 4.95. The summed E-state index contributed by atoms with van der Waals surface area (Å²) in [5, 5.41) is 2.91. The fourth-order valence-electron chi connectivity index (χ4n) is 2.08. The average molecular weight is 283 g/mol. The molecule has 2 rings (SSSR count). The fourth-order valence-corrected chi connectivity index (χ4v) is 2.08. The number of aryl methyl sites for hydroxylation is 1. The molecule has 0 aliphatic heterocycles. The Hall–Kier alpha value is -2.33. The lowest BCUT2D eigenvalue weighted by Crippen LogP contribution is -2.34. The second-order valence-corrected chi connectivity index (χ2v) is 4.91. The molecule has 0 fully saturated rings. The van der Waals surface area contributed by atoms with Crippen LogP contribution in [0.25, 0.3) is 0 Å². The van der Waals surface area contributed by atoms with Crippen LogP contribution in [-0.4, -0.2) is 12.6 Å². The molecule has 0 spiro atoms. The number of urea groups is 1. The lowest BCUT2D eigenvalue weighted by atomic mass is 10.2. The molecule has 0 unspecified atom stereocenters. The van der Waals surface area contributed by atoms with Gasteiger partial charge in [-0.15, -0.1) is 0 Å². The van der Waals surface area contributed by atoms with Crippen molar-refractivity contribution in [3.05, 3.63) is 59.7 Å². The molecule has 2 amide bonds. The van der Waals surface area contributed by atoms with Gasteiger partial charge in [0.05, 0.1) is 0 Å². The number of anilines is 2. The molecule has 110 valence electrons. The van der Waals surface area contributed by atoms with Gasteiger partial charge in [-0.2, -0.15) is 0 Å². The van der Waals surface area contributed by atoms with Crippen LogP contribution < -0.4 is 16.0 Å². The second kappa shape index (κ2) is 6.90. The molecule has 4 heteroatoms. The maximum Gasteiger partial charge on any atom is 0.326 e. The average Bonchev–Trinajstić information content (AvgIpc) is 2.51. The van der Waals surface area contributed by atoms with Gasteiger partial charge in [-0.1, -0.05) is 29.8 Å². The van der Waals surface area contributed by atoms with Crippen molar-refractivity contribution in [2.45, 2.75) is 20.4 Å². The number of nitrogens with one attached hydrogen (secondary N) is 1. The maximum absolute atomic E-state index is 12.4. The number of hydrogen-bond acceptors (Lipinski definition) is 2. The quantitative estimate of drug-likeness (QED) is 0.902. The number of nitrogens with two attached hydrogens (primary N) is 1. The van der Waals surface area contributed by atoms with Crippen molar-refractivity contribution in [3.63, 3.8) is 0 Å². The van der Waals surface area contributed by atoms with Gasteiger partial charge in [0.1, 0.15) is 0 Å². The lowest BCUT2D eigenvalue weighted by molar-refractivity contribution is 0.257. The zero-order valence-corrected chi connectivity index (χ0v) is 12.5. The summed E-state index contributed by atoms with van der Waals surface area (Å²) in [7, 11) is 0. The van der Waals surface area contributed by atoms with E-state index in [9.17, 15) is 4.79 Å². The Labute approximate surface area is 125 Å². The topological polar surface area (TPSA) is 58.4 Å². The van der Waals surface area contributed by atoms with Crippen molar-refractivity contribution in [1.29, 1.82) is 0 Å². The van der Waals surface area contributed by atoms with E-state index in [0.29, 0.717) is 13.1 Å². The highest BCUT2D eigenvalue weighted by Gasteiger charge is 2.13. The molecular formula is C17H21N3O. The summed E-state index contributed by atoms with van der Waals surface area (Å²) < 4.78 is 0. The third kappa shape index (κ3) is 3.83. The van der Waals surface area contributed by atoms with E-state index >= 15 is 0 Å². The third-order valence-corrected chi connectivity index (χ3v) is 3.35. The summed E-state index contributed by atoms with van der Waals surface area (Å²) in [6, 6.07) is 15.3. The minimum absolute atomic E-state index is 0.137. The molecule has 0 bridgehead atoms. The van der Waals surface area contributed by atoms with Gasteiger partial charge in [-0.25, -0.2) is 4.79 Å². The maximum atomic E-state index is 12.4. The van der Waals surface area contributed by atoms with Gasteiger partial charge in [0.15, 0.2) is 0 Å². The monoisotopic (exact) mass is 283 g/mol. The van der Waals surface area contributed by atoms with Gasteiger partial charge in [-0.05, 0) is 43.7 Å². The van der Waals surface area contributed by atoms with E-state index < -0.39 is 0 Å². The first-order valence-corrected chi connectivity index (χ1v) is 7.08. The standard InChI is InChI=1S/C17H21N3O/c1-3-20(16-10-6-14(12-18)7-11-16)17(21)19-15-8-4-13(2)5-9-15/h4-11H,3,12,18H2,1-2H3,(H,19,21). The molecule has 0 atom stereocenters. The van der Waals surface area contributed by atoms with E-state index in [0.717, 1.165) is 22.5 Å². The van der Waals surface area contributed by atoms with Crippen molar-refractivity contribution >= 4 is 17.4 Å². The summed E-state index contributed by atoms with van der Waals surface area (Å²) in [6.45, 7) is 5.07. The molecule has 0 saturated carbocycles. The smallest absolute Gasteiger partial charge is 0.326 e. The van der Waals surface area contributed by atoms with E-state index in [4.69, 9.17) is 5.73 Å². The first-order chi connectivity index (χ1) is 10.1. The Morgan fingerprint density at radius 3 is 2.24 bits per heavy atom. The summed E-state index contributed by atoms with van der Waals surface area (Å²) in [6.07, 6.45) is 0. The molecule has 0 radical (unpaired) electrons. The predicted octanol–water partition coefficient (Wildman–Crippen LogP) is 3.51. The Morgan fingerprint density at radius 1 is 1.10 bits per heavy atom. The molecule has 21 heavy (non-hydrogen) atoms. The lowest BCUT2D eigenvalue weighted by Gasteiger charge is -2.22. The highest BCUT2D eigenvalue weighted by atomic mass is 16.2. The number of carbonyl (C=O) groups excluding carboxylic acids is 1. The van der Waals surface area contributed by atoms with Crippen LogP contribution >= 0.6 is 0 Å². The summed E-state index contributed by atoms with van der Waals surface area (Å²) >= 11 is 0. The molecule has 0 aliphatic carbocycles. The van der Waals surface area contributed by atoms with Crippen molar-refractivity contribution in [1.82, 2.24) is 0 Å². The SMILES string of the molecule is CCN(C(=O)Nc1ccc(C)cc1)c1ccc(CN)cc1. The molecule has 4 nitrogen and oxygen atoms in total. The molecule has 0 heterocycles. The number of carbonyl (C=O) groups is 1. The zero-order chi connectivity index (χ0) is 15.2. The van der Waals surface area contributed by atoms with E-state index in [-0.39, 0.29) is 6.03 Å². The molecule has 0 aromatic heterocycles. The van der Waals surface area contributed by atoms with E-state index in [1.807, 2.05) is 62.4 Å². The molecule has 2 aromatic rings. The Bertz CT molecular complexity index is 590. The predicted molar refractivity (Wildman–Crippen MR) is 87.6 cm³/mol. The number of hydrogen-bond donors (Lipinski definition) is 2. The molecule has 2 aromatic carbocycles. The second-order valence-electron chi connectivity index (χ2n) is 4.91. The highest BCUT2D eigenvalue weighted by molar-refractivity contribution is 6.01. The van der Waals surface area contributed by atoms with Crippen LogP contribution in [0.5, 0.6) is 0 Å². The highest BCUT2D eigenvalue weighted by Crippen LogP contribution is 2.17. The normalized spacial score (nSPS) is 10.2. The summed E-state index contributed by atoms with van der Waals surface area (Å²) in [5.74, 6) is 0. The molecule has 3 N–H and O–H groups in total. The van der Waals surface area contributed by atoms with E-state index in [2.05, 4.69) is 5.32 Å². The van der Waals surface area contributed by atoms with Crippen LogP contribution in [0.2, 0.25) is 0 Å². The van der Waals surface area contributed by atoms with Gasteiger partial charge in [-0.3, -0.25) is 4.90 Å². The van der Waals surface area contributed by atoms with Gasteiger partial charge in [0.25, 0.3) is 0 Å². The molecular weight excluding hydrogens is 262 g/mol. The van der Waals surface area contributed by atoms with Crippen molar-refractivity contribution in [3.8, 4) is 0 Å². The van der Waals surface area contributed by atoms with Gasteiger partial charge in [0.2, 0.25) is 0 Å². The van der Waals surface area contributed by atoms with Crippen LogP contribution in [0.4, 0.5) is 16.2 Å². The number of amides is 2. The minimum atomic E-state index is -0.137. The first kappa shape index (κ1) is 15.1. The number of benzene rings is 2. The number of nitrogens with zero attached hydrogens (tertiary/aromatic N) is 1. The summed E-state index contributed by atoms with van der Waals surface area (Å²) in [5.41, 5.74) is 9.46. The van der Waals surface area contributed by atoms with Crippen molar-refractivity contribution < 1.29 is 4.79 Å². The zero-order valence-electron chi connectivity index (χ0n) is 12.5. The van der Waals surface area contributed by atoms with Crippen molar-refractivity contribution in [2.24, 2.45) is 5.73 Å². The number of rotatable bonds is 4. The van der Waals surface area contributed by atoms with E-state index in [1.54, 1.807) is 4.90 Å². The van der Waals surface area contributed by atoms with Gasteiger partial charge >= 0.3 is 6.03 Å². The van der Waals surface area contributed by atoms with Gasteiger partial charge < -0.3 is 11.1 Å². The van der Waals surface area contributed by atoms with Crippen LogP contribution in [-0.2, 0) is 6.54 Å². The third-order valence-electron chi connectivity index (χ3n) is 3.35. The minimum Gasteiger partial charge on any atom is -0.326 e. The van der Waals surface area contributed by atoms with Crippen LogP contribution in [0.3, 0.4) is 0 Å². The Balaban J connectivity index is 2.12. The summed E-state index contributed by atoms with van der Waals surface area (Å²) in [4.78, 5) is 14.1. The van der Waals surface area contributed by atoms with Crippen LogP contribution in [0.15, 0.2) is 48.5 Å². The largest absolute Gasteiger partial charge is 0.326 e. The van der Waals surface area contributed by atoms with Gasteiger partial charge in [0, 0.05) is 24.5 Å². The molecule has 0 saturated heterocycles. The fraction of sp³-hybridized carbons (Fsp3) is 0.235. The first-order valence-electron chi connectivity index (χ1n) is 7.08. The van der Waals surface area contributed by atoms with Crippen molar-refractivity contribution in [2.75, 3.05) is 16.8 Å².